The molecule has 0 saturated carbocycles. The molecule has 0 aromatic heterocycles. The van der Waals surface area contributed by atoms with Gasteiger partial charge in [0.15, 0.2) is 0 Å². The first-order valence-electron chi connectivity index (χ1n) is 7.72. The Hall–Kier alpha value is -0.109. The quantitative estimate of drug-likeness (QED) is 0.581. The Kier molecular flexibility index (Phi) is 4.84. The second-order valence-electron chi connectivity index (χ2n) is 6.76. The van der Waals surface area contributed by atoms with Crippen molar-refractivity contribution in [2.24, 2.45) is 11.8 Å². The summed E-state index contributed by atoms with van der Waals surface area (Å²) in [7, 11) is 0. The van der Waals surface area contributed by atoms with Crippen LogP contribution in [-0.4, -0.2) is 6.19 Å². The van der Waals surface area contributed by atoms with Crippen molar-refractivity contribution in [1.29, 1.82) is 0 Å². The molecule has 0 aromatic rings. The van der Waals surface area contributed by atoms with Gasteiger partial charge in [0.05, 0.1) is 0 Å². The minimum atomic E-state index is -1.30. The van der Waals surface area contributed by atoms with Crippen molar-refractivity contribution in [1.82, 2.24) is 0 Å². The monoisotopic (exact) mass is 320 g/mol. The van der Waals surface area contributed by atoms with Gasteiger partial charge in [0.1, 0.15) is 0 Å². The summed E-state index contributed by atoms with van der Waals surface area (Å²) in [5.74, 6) is 1.40. The summed E-state index contributed by atoms with van der Waals surface area (Å²) in [5, 5.41) is 0. The van der Waals surface area contributed by atoms with Gasteiger partial charge in [-0.05, 0) is 0 Å². The van der Waals surface area contributed by atoms with E-state index in [1.807, 2.05) is 7.76 Å². The molecule has 2 atom stereocenters. The molecule has 20 heavy (non-hydrogen) atoms. The maximum absolute atomic E-state index is 2.56. The Labute approximate surface area is 131 Å². The first-order valence-corrected chi connectivity index (χ1v) is 14.1. The first kappa shape index (κ1) is 16.3. The van der Waals surface area contributed by atoms with E-state index >= 15 is 0 Å². The van der Waals surface area contributed by atoms with Crippen LogP contribution in [0.15, 0.2) is 42.2 Å². The first-order chi connectivity index (χ1) is 9.25. The normalized spacial score (nSPS) is 26.2. The fourth-order valence-corrected chi connectivity index (χ4v) is 17.3. The van der Waals surface area contributed by atoms with Crippen LogP contribution >= 0.6 is 0 Å². The van der Waals surface area contributed by atoms with E-state index in [9.17, 15) is 0 Å². The van der Waals surface area contributed by atoms with E-state index < -0.39 is 16.6 Å². The summed E-state index contributed by atoms with van der Waals surface area (Å²) in [6, 6.07) is 0. The number of hydrogen-bond acceptors (Lipinski definition) is 0. The zero-order valence-electron chi connectivity index (χ0n) is 14.3. The Morgan fingerprint density at radius 3 is 1.95 bits per heavy atom. The maximum atomic E-state index is 2.56. The molecule has 0 nitrogen and oxygen atoms in total. The summed E-state index contributed by atoms with van der Waals surface area (Å²) >= 11 is -1.30. The molecule has 0 radical (unpaired) electrons. The van der Waals surface area contributed by atoms with Crippen molar-refractivity contribution < 1.29 is 16.6 Å². The zero-order chi connectivity index (χ0) is 15.2. The van der Waals surface area contributed by atoms with Crippen LogP contribution in [-0.2, 0) is 16.6 Å². The average molecular weight is 320 g/mol. The zero-order valence-corrected chi connectivity index (χ0v) is 16.9. The van der Waals surface area contributed by atoms with Crippen LogP contribution in [0.4, 0.5) is 0 Å². The Morgan fingerprint density at radius 2 is 1.60 bits per heavy atom. The van der Waals surface area contributed by atoms with Crippen molar-refractivity contribution >= 4 is 6.19 Å². The standard InChI is InChI=1S/2C8H11.C2H6Si.Ti/c2*1-6-4-7(2)8(3)5-6;1-3-2;/h4,8H,1-3H3;4,6H,1-3H3;1-2H3;. The Bertz CT molecular complexity index is 607. The molecule has 108 valence electrons. The molecule has 0 fully saturated rings. The molecule has 0 amide bonds. The van der Waals surface area contributed by atoms with Gasteiger partial charge in [-0.2, -0.15) is 0 Å². The van der Waals surface area contributed by atoms with Gasteiger partial charge in [0.2, 0.25) is 0 Å². The van der Waals surface area contributed by atoms with Gasteiger partial charge in [0.25, 0.3) is 0 Å². The molecule has 0 heterocycles. The predicted octanol–water partition coefficient (Wildman–Crippen LogP) is 5.60. The van der Waals surface area contributed by atoms with Gasteiger partial charge in [-0.15, -0.1) is 0 Å². The fraction of sp³-hybridized carbons (Fsp3) is 0.556. The van der Waals surface area contributed by atoms with Gasteiger partial charge in [0, 0.05) is 0 Å². The summed E-state index contributed by atoms with van der Waals surface area (Å²) in [5.41, 5.74) is 6.36. The number of rotatable bonds is 2. The number of allylic oxidation sites excluding steroid dienone is 8. The molecular formula is C18H28SiTi. The molecule has 0 N–H and O–H groups in total. The van der Waals surface area contributed by atoms with Crippen LogP contribution in [0.25, 0.3) is 0 Å². The second kappa shape index (κ2) is 5.95. The molecular weight excluding hydrogens is 292 g/mol. The second-order valence-corrected chi connectivity index (χ2v) is 18.4. The van der Waals surface area contributed by atoms with Crippen LogP contribution in [0.1, 0.15) is 41.5 Å². The summed E-state index contributed by atoms with van der Waals surface area (Å²) in [4.78, 5) is 0. The van der Waals surface area contributed by atoms with Crippen molar-refractivity contribution in [3.05, 3.63) is 42.2 Å². The van der Waals surface area contributed by atoms with E-state index in [-0.39, 0.29) is 6.19 Å². The van der Waals surface area contributed by atoms with Crippen molar-refractivity contribution in [3.8, 4) is 0 Å². The minimum absolute atomic E-state index is 0.231. The Morgan fingerprint density at radius 1 is 1.00 bits per heavy atom. The average Bonchev–Trinajstić information content (AvgIpc) is 2.72. The van der Waals surface area contributed by atoms with Crippen LogP contribution in [0.5, 0.6) is 0 Å². The molecule has 2 aliphatic carbocycles. The van der Waals surface area contributed by atoms with Crippen LogP contribution < -0.4 is 0 Å². The van der Waals surface area contributed by atoms with E-state index in [1.165, 1.54) is 5.57 Å². The van der Waals surface area contributed by atoms with Crippen LogP contribution in [0.3, 0.4) is 0 Å². The third-order valence-electron chi connectivity index (χ3n) is 4.97. The van der Waals surface area contributed by atoms with Crippen LogP contribution in [0, 0.1) is 11.8 Å². The Balaban J connectivity index is 2.60. The van der Waals surface area contributed by atoms with E-state index in [0.717, 1.165) is 0 Å². The fourth-order valence-electron chi connectivity index (χ4n) is 3.76. The van der Waals surface area contributed by atoms with E-state index in [0.29, 0.717) is 11.8 Å². The van der Waals surface area contributed by atoms with E-state index in [4.69, 9.17) is 0 Å². The van der Waals surface area contributed by atoms with Crippen molar-refractivity contribution in [2.45, 2.75) is 54.6 Å². The molecule has 2 unspecified atom stereocenters. The van der Waals surface area contributed by atoms with Crippen molar-refractivity contribution in [2.75, 3.05) is 0 Å². The SMILES string of the molecule is CC1=CC(C)[C]([Ti]([C]2=C(C)C=C(C)C2C)=[Si](C)C)=C1C. The van der Waals surface area contributed by atoms with Gasteiger partial charge >= 0.3 is 131 Å². The predicted molar refractivity (Wildman–Crippen MR) is 88.7 cm³/mol. The molecule has 2 rings (SSSR count). The summed E-state index contributed by atoms with van der Waals surface area (Å²) in [6.07, 6.45) is 4.72. The van der Waals surface area contributed by atoms with Crippen molar-refractivity contribution in [3.63, 3.8) is 0 Å². The summed E-state index contributed by atoms with van der Waals surface area (Å²) < 4.78 is 3.76. The molecule has 2 heteroatoms. The topological polar surface area (TPSA) is 0 Å². The molecule has 0 bridgehead atoms. The molecule has 0 aromatic carbocycles. The van der Waals surface area contributed by atoms with Gasteiger partial charge < -0.3 is 0 Å². The van der Waals surface area contributed by atoms with E-state index in [1.54, 1.807) is 16.7 Å². The third-order valence-corrected chi connectivity index (χ3v) is 17.2. The molecule has 0 spiro atoms. The molecule has 0 saturated heterocycles. The molecule has 0 aliphatic heterocycles. The number of hydrogen-bond donors (Lipinski definition) is 0. The summed E-state index contributed by atoms with van der Waals surface area (Å²) in [6.45, 7) is 19.3. The van der Waals surface area contributed by atoms with Gasteiger partial charge in [-0.3, -0.25) is 0 Å². The van der Waals surface area contributed by atoms with Gasteiger partial charge in [-0.25, -0.2) is 0 Å². The van der Waals surface area contributed by atoms with Crippen LogP contribution in [0.2, 0.25) is 13.1 Å². The van der Waals surface area contributed by atoms with Gasteiger partial charge in [-0.1, -0.05) is 0 Å². The molecule has 2 aliphatic rings. The van der Waals surface area contributed by atoms with E-state index in [2.05, 4.69) is 66.8 Å². The third kappa shape index (κ3) is 2.65.